The van der Waals surface area contributed by atoms with Gasteiger partial charge in [0.25, 0.3) is 0 Å². The van der Waals surface area contributed by atoms with E-state index in [1.165, 1.54) is 0 Å². The summed E-state index contributed by atoms with van der Waals surface area (Å²) in [5.41, 5.74) is 2.97. The van der Waals surface area contributed by atoms with Crippen molar-refractivity contribution >= 4 is 13.9 Å². The SMILES string of the molecule is C[Si](C)(C)C#CCC12C=CC(=O)C(=CC1)O2. The van der Waals surface area contributed by atoms with E-state index in [1.54, 1.807) is 6.08 Å². The summed E-state index contributed by atoms with van der Waals surface area (Å²) in [5, 5.41) is 0. The Morgan fingerprint density at radius 3 is 2.94 bits per heavy atom. The monoisotopic (exact) mass is 232 g/mol. The predicted octanol–water partition coefficient (Wildman–Crippen LogP) is 2.44. The van der Waals surface area contributed by atoms with Crippen LogP contribution in [0.1, 0.15) is 12.8 Å². The van der Waals surface area contributed by atoms with Crippen LogP contribution in [0.3, 0.4) is 0 Å². The van der Waals surface area contributed by atoms with Crippen LogP contribution >= 0.6 is 0 Å². The highest BCUT2D eigenvalue weighted by Gasteiger charge is 2.38. The molecule has 1 unspecified atom stereocenters. The van der Waals surface area contributed by atoms with E-state index in [-0.39, 0.29) is 11.4 Å². The lowest BCUT2D eigenvalue weighted by Gasteiger charge is -2.26. The molecule has 0 aromatic carbocycles. The smallest absolute Gasteiger partial charge is 0.219 e. The van der Waals surface area contributed by atoms with Crippen molar-refractivity contribution in [1.29, 1.82) is 0 Å². The number of hydrogen-bond acceptors (Lipinski definition) is 2. The van der Waals surface area contributed by atoms with Crippen molar-refractivity contribution < 1.29 is 9.53 Å². The fraction of sp³-hybridized carbons (Fsp3) is 0.462. The predicted molar refractivity (Wildman–Crippen MR) is 66.4 cm³/mol. The zero-order valence-corrected chi connectivity index (χ0v) is 11.0. The largest absolute Gasteiger partial charge is 0.478 e. The van der Waals surface area contributed by atoms with E-state index in [0.717, 1.165) is 6.42 Å². The first-order valence-corrected chi connectivity index (χ1v) is 9.03. The molecule has 0 aliphatic carbocycles. The summed E-state index contributed by atoms with van der Waals surface area (Å²) in [7, 11) is -1.31. The zero-order valence-electron chi connectivity index (χ0n) is 9.96. The van der Waals surface area contributed by atoms with E-state index in [9.17, 15) is 4.79 Å². The van der Waals surface area contributed by atoms with Crippen molar-refractivity contribution in [2.45, 2.75) is 38.1 Å². The number of hydrogen-bond donors (Lipinski definition) is 0. The third-order valence-corrected chi connectivity index (χ3v) is 3.51. The third kappa shape index (κ3) is 2.28. The Morgan fingerprint density at radius 2 is 2.25 bits per heavy atom. The molecule has 0 fully saturated rings. The first kappa shape index (κ1) is 11.2. The number of ether oxygens (including phenoxy) is 1. The Morgan fingerprint density at radius 1 is 1.50 bits per heavy atom. The van der Waals surface area contributed by atoms with Gasteiger partial charge in [0.2, 0.25) is 5.78 Å². The van der Waals surface area contributed by atoms with Gasteiger partial charge < -0.3 is 4.74 Å². The maximum absolute atomic E-state index is 11.3. The molecule has 0 saturated carbocycles. The molecule has 0 spiro atoms. The highest BCUT2D eigenvalue weighted by Crippen LogP contribution is 2.36. The van der Waals surface area contributed by atoms with Gasteiger partial charge in [-0.1, -0.05) is 19.6 Å². The van der Waals surface area contributed by atoms with Crippen molar-refractivity contribution in [3.05, 3.63) is 24.0 Å². The van der Waals surface area contributed by atoms with Gasteiger partial charge in [-0.15, -0.1) is 11.5 Å². The van der Waals surface area contributed by atoms with Crippen LogP contribution in [0.4, 0.5) is 0 Å². The first-order chi connectivity index (χ1) is 7.40. The molecular formula is C13H16O2Si. The Labute approximate surface area is 97.4 Å². The molecule has 0 N–H and O–H groups in total. The van der Waals surface area contributed by atoms with Gasteiger partial charge in [-0.3, -0.25) is 4.79 Å². The lowest BCUT2D eigenvalue weighted by Crippen LogP contribution is -2.29. The van der Waals surface area contributed by atoms with Gasteiger partial charge in [0.15, 0.2) is 5.76 Å². The normalized spacial score (nSPS) is 26.9. The fourth-order valence-corrected chi connectivity index (χ4v) is 2.38. The first-order valence-electron chi connectivity index (χ1n) is 5.53. The molecule has 0 amide bonds. The number of ketones is 1. The molecule has 0 aromatic heterocycles. The Kier molecular flexibility index (Phi) is 2.55. The standard InChI is InChI=1S/C13H16O2Si/c1-16(2,3)10-4-7-13-8-5-11(14)12(15-13)6-9-13/h5-6,8H,7,9H2,1-3H3. The van der Waals surface area contributed by atoms with Crippen molar-refractivity contribution in [2.24, 2.45) is 0 Å². The Bertz CT molecular complexity index is 443. The summed E-state index contributed by atoms with van der Waals surface area (Å²) in [5.74, 6) is 3.69. The van der Waals surface area contributed by atoms with Gasteiger partial charge in [-0.2, -0.15) is 0 Å². The molecule has 0 radical (unpaired) electrons. The second-order valence-electron chi connectivity index (χ2n) is 5.37. The maximum Gasteiger partial charge on any atom is 0.219 e. The highest BCUT2D eigenvalue weighted by molar-refractivity contribution is 6.83. The van der Waals surface area contributed by atoms with Crippen LogP contribution in [0.5, 0.6) is 0 Å². The molecule has 0 saturated heterocycles. The zero-order chi connectivity index (χ0) is 11.8. The summed E-state index contributed by atoms with van der Waals surface area (Å²) in [6.45, 7) is 6.66. The molecule has 2 aliphatic rings. The van der Waals surface area contributed by atoms with Gasteiger partial charge in [-0.25, -0.2) is 0 Å². The quantitative estimate of drug-likeness (QED) is 0.513. The minimum atomic E-state index is -1.31. The van der Waals surface area contributed by atoms with E-state index < -0.39 is 8.07 Å². The topological polar surface area (TPSA) is 26.3 Å². The van der Waals surface area contributed by atoms with Crippen LogP contribution in [-0.2, 0) is 9.53 Å². The lowest BCUT2D eigenvalue weighted by atomic mass is 9.96. The van der Waals surface area contributed by atoms with Crippen molar-refractivity contribution in [1.82, 2.24) is 0 Å². The van der Waals surface area contributed by atoms with E-state index in [1.807, 2.05) is 12.2 Å². The van der Waals surface area contributed by atoms with Gasteiger partial charge in [0.1, 0.15) is 13.7 Å². The van der Waals surface area contributed by atoms with E-state index >= 15 is 0 Å². The molecule has 2 bridgehead atoms. The minimum Gasteiger partial charge on any atom is -0.478 e. The van der Waals surface area contributed by atoms with Crippen molar-refractivity contribution in [2.75, 3.05) is 0 Å². The number of carbonyl (C=O) groups excluding carboxylic acids is 1. The summed E-state index contributed by atoms with van der Waals surface area (Å²) < 4.78 is 5.65. The number of rotatable bonds is 1. The molecule has 2 aliphatic heterocycles. The number of carbonyl (C=O) groups is 1. The van der Waals surface area contributed by atoms with Crippen LogP contribution in [0.2, 0.25) is 19.6 Å². The van der Waals surface area contributed by atoms with E-state index in [4.69, 9.17) is 4.74 Å². The molecule has 2 nitrogen and oxygen atoms in total. The van der Waals surface area contributed by atoms with Crippen LogP contribution < -0.4 is 0 Å². The van der Waals surface area contributed by atoms with Crippen LogP contribution in [0.25, 0.3) is 0 Å². The van der Waals surface area contributed by atoms with Crippen LogP contribution in [0, 0.1) is 11.5 Å². The lowest BCUT2D eigenvalue weighted by molar-refractivity contribution is -0.117. The second-order valence-corrected chi connectivity index (χ2v) is 10.1. The van der Waals surface area contributed by atoms with E-state index in [0.29, 0.717) is 12.2 Å². The molecule has 2 rings (SSSR count). The minimum absolute atomic E-state index is 0.0220. The van der Waals surface area contributed by atoms with Gasteiger partial charge >= 0.3 is 0 Å². The van der Waals surface area contributed by atoms with Crippen molar-refractivity contribution in [3.8, 4) is 11.5 Å². The third-order valence-electron chi connectivity index (χ3n) is 2.58. The maximum atomic E-state index is 11.3. The van der Waals surface area contributed by atoms with Gasteiger partial charge in [0.05, 0.1) is 6.42 Å². The molecule has 3 heteroatoms. The van der Waals surface area contributed by atoms with Crippen molar-refractivity contribution in [3.63, 3.8) is 0 Å². The average Bonchev–Trinajstić information content (AvgIpc) is 2.51. The fourth-order valence-electron chi connectivity index (χ4n) is 1.76. The summed E-state index contributed by atoms with van der Waals surface area (Å²) in [6.07, 6.45) is 6.80. The molecule has 1 atom stereocenters. The number of fused-ring (bicyclic) bond motifs is 2. The molecule has 0 aromatic rings. The van der Waals surface area contributed by atoms with Crippen LogP contribution in [-0.4, -0.2) is 19.5 Å². The Balaban J connectivity index is 2.10. The molecule has 16 heavy (non-hydrogen) atoms. The summed E-state index contributed by atoms with van der Waals surface area (Å²) >= 11 is 0. The summed E-state index contributed by atoms with van der Waals surface area (Å²) in [6, 6.07) is 0. The van der Waals surface area contributed by atoms with Gasteiger partial charge in [-0.05, 0) is 18.2 Å². The summed E-state index contributed by atoms with van der Waals surface area (Å²) in [4.78, 5) is 11.3. The Hall–Kier alpha value is -1.27. The number of allylic oxidation sites excluding steroid dienone is 1. The molecule has 84 valence electrons. The highest BCUT2D eigenvalue weighted by atomic mass is 28.3. The second kappa shape index (κ2) is 3.64. The van der Waals surface area contributed by atoms with Gasteiger partial charge in [0, 0.05) is 6.42 Å². The van der Waals surface area contributed by atoms with Crippen LogP contribution in [0.15, 0.2) is 24.0 Å². The van der Waals surface area contributed by atoms with E-state index in [2.05, 4.69) is 31.1 Å². The molecular weight excluding hydrogens is 216 g/mol. The average molecular weight is 232 g/mol. The molecule has 2 heterocycles.